The molecular weight excluding hydrogens is 272 g/mol. The Morgan fingerprint density at radius 2 is 2.06 bits per heavy atom. The van der Waals surface area contributed by atoms with Gasteiger partial charge in [0.1, 0.15) is 5.92 Å². The number of thiocarbonyl (C=S) groups is 1. The van der Waals surface area contributed by atoms with Crippen LogP contribution in [-0.4, -0.2) is 28.4 Å². The van der Waals surface area contributed by atoms with E-state index in [2.05, 4.69) is 10.3 Å². The largest absolute Gasteiger partial charge is 0.300 e. The van der Waals surface area contributed by atoms with Gasteiger partial charge in [-0.15, -0.1) is 11.6 Å². The van der Waals surface area contributed by atoms with Crippen LogP contribution in [0.5, 0.6) is 0 Å². The molecule has 1 aliphatic rings. The number of nitrogens with zero attached hydrogens (tertiary/aromatic N) is 1. The van der Waals surface area contributed by atoms with Gasteiger partial charge >= 0.3 is 0 Å². The number of aliphatic imine (C=N–C) groups is 1. The Morgan fingerprint density at radius 3 is 2.67 bits per heavy atom. The van der Waals surface area contributed by atoms with Gasteiger partial charge in [-0.2, -0.15) is 0 Å². The van der Waals surface area contributed by atoms with Crippen molar-refractivity contribution in [2.75, 3.05) is 5.88 Å². The van der Waals surface area contributed by atoms with Gasteiger partial charge in [0.2, 0.25) is 5.91 Å². The van der Waals surface area contributed by atoms with E-state index in [-0.39, 0.29) is 16.8 Å². The van der Waals surface area contributed by atoms with Crippen LogP contribution < -0.4 is 5.32 Å². The lowest BCUT2D eigenvalue weighted by atomic mass is 9.91. The molecule has 2 rings (SSSR count). The average molecular weight is 281 g/mol. The van der Waals surface area contributed by atoms with E-state index in [0.29, 0.717) is 11.3 Å². The summed E-state index contributed by atoms with van der Waals surface area (Å²) in [6, 6.07) is 8.98. The Balaban J connectivity index is 2.49. The maximum absolute atomic E-state index is 11.8. The summed E-state index contributed by atoms with van der Waals surface area (Å²) in [5.74, 6) is -2.09. The van der Waals surface area contributed by atoms with Crippen molar-refractivity contribution in [2.24, 2.45) is 10.9 Å². The van der Waals surface area contributed by atoms with E-state index in [0.717, 1.165) is 0 Å². The molecule has 4 nitrogen and oxygen atoms in total. The van der Waals surface area contributed by atoms with Crippen molar-refractivity contribution in [3.05, 3.63) is 35.9 Å². The fourth-order valence-electron chi connectivity index (χ4n) is 1.72. The van der Waals surface area contributed by atoms with Crippen LogP contribution in [-0.2, 0) is 9.59 Å². The molecule has 1 amide bonds. The molecule has 1 atom stereocenters. The molecule has 0 radical (unpaired) electrons. The number of carbonyl (C=O) groups is 2. The Bertz CT molecular complexity index is 542. The highest BCUT2D eigenvalue weighted by Crippen LogP contribution is 2.16. The summed E-state index contributed by atoms with van der Waals surface area (Å²) in [7, 11) is 0. The summed E-state index contributed by atoms with van der Waals surface area (Å²) < 4.78 is 0. The molecule has 0 bridgehead atoms. The van der Waals surface area contributed by atoms with Gasteiger partial charge in [0.05, 0.1) is 11.6 Å². The SMILES string of the molecule is O=C(CCl)C1C(=O)NC(=S)N=C1c1ccccc1. The summed E-state index contributed by atoms with van der Waals surface area (Å²) in [6.07, 6.45) is 0. The smallest absolute Gasteiger partial charge is 0.242 e. The molecule has 1 N–H and O–H groups in total. The molecule has 0 fully saturated rings. The number of hydrogen-bond donors (Lipinski definition) is 1. The predicted molar refractivity (Wildman–Crippen MR) is 72.9 cm³/mol. The van der Waals surface area contributed by atoms with Gasteiger partial charge in [0, 0.05) is 0 Å². The third-order valence-electron chi connectivity index (χ3n) is 2.51. The lowest BCUT2D eigenvalue weighted by Gasteiger charge is -2.21. The van der Waals surface area contributed by atoms with Gasteiger partial charge in [0.25, 0.3) is 0 Å². The zero-order chi connectivity index (χ0) is 13.1. The van der Waals surface area contributed by atoms with Crippen molar-refractivity contribution >= 4 is 46.3 Å². The van der Waals surface area contributed by atoms with Crippen LogP contribution in [0.15, 0.2) is 35.3 Å². The molecule has 1 aromatic rings. The maximum Gasteiger partial charge on any atom is 0.242 e. The second-order valence-electron chi connectivity index (χ2n) is 3.69. The minimum Gasteiger partial charge on any atom is -0.300 e. The molecule has 1 unspecified atom stereocenters. The molecular formula is C12H9ClN2O2S. The highest BCUT2D eigenvalue weighted by atomic mass is 35.5. The van der Waals surface area contributed by atoms with Gasteiger partial charge < -0.3 is 5.32 Å². The van der Waals surface area contributed by atoms with Crippen molar-refractivity contribution < 1.29 is 9.59 Å². The van der Waals surface area contributed by atoms with Crippen molar-refractivity contribution in [1.82, 2.24) is 5.32 Å². The Labute approximate surface area is 114 Å². The minimum atomic E-state index is -0.989. The van der Waals surface area contributed by atoms with E-state index in [1.54, 1.807) is 24.3 Å². The topological polar surface area (TPSA) is 58.5 Å². The van der Waals surface area contributed by atoms with Crippen LogP contribution in [0.25, 0.3) is 0 Å². The van der Waals surface area contributed by atoms with Crippen molar-refractivity contribution in [2.45, 2.75) is 0 Å². The van der Waals surface area contributed by atoms with Gasteiger partial charge in [0.15, 0.2) is 10.9 Å². The summed E-state index contributed by atoms with van der Waals surface area (Å²) in [6.45, 7) is 0. The second kappa shape index (κ2) is 5.37. The molecule has 0 aliphatic carbocycles. The van der Waals surface area contributed by atoms with E-state index in [1.807, 2.05) is 6.07 Å². The van der Waals surface area contributed by atoms with Gasteiger partial charge in [-0.3, -0.25) is 9.59 Å². The monoisotopic (exact) mass is 280 g/mol. The number of nitrogens with one attached hydrogen (secondary N) is 1. The van der Waals surface area contributed by atoms with Gasteiger partial charge in [-0.1, -0.05) is 30.3 Å². The molecule has 6 heteroatoms. The van der Waals surface area contributed by atoms with E-state index >= 15 is 0 Å². The number of halogens is 1. The number of hydrogen-bond acceptors (Lipinski definition) is 3. The van der Waals surface area contributed by atoms with Crippen molar-refractivity contribution in [3.63, 3.8) is 0 Å². The molecule has 92 valence electrons. The first-order valence-electron chi connectivity index (χ1n) is 5.21. The fourth-order valence-corrected chi connectivity index (χ4v) is 2.07. The van der Waals surface area contributed by atoms with Crippen LogP contribution in [0.4, 0.5) is 0 Å². The second-order valence-corrected chi connectivity index (χ2v) is 4.34. The van der Waals surface area contributed by atoms with E-state index < -0.39 is 11.8 Å². The lowest BCUT2D eigenvalue weighted by Crippen LogP contribution is -2.47. The van der Waals surface area contributed by atoms with Crippen LogP contribution >= 0.6 is 23.8 Å². The Morgan fingerprint density at radius 1 is 1.39 bits per heavy atom. The zero-order valence-electron chi connectivity index (χ0n) is 9.22. The Hall–Kier alpha value is -1.59. The number of amides is 1. The van der Waals surface area contributed by atoms with E-state index in [4.69, 9.17) is 23.8 Å². The van der Waals surface area contributed by atoms with Crippen LogP contribution in [0.3, 0.4) is 0 Å². The first kappa shape index (κ1) is 12.9. The number of alkyl halides is 1. The average Bonchev–Trinajstić information content (AvgIpc) is 2.38. The van der Waals surface area contributed by atoms with Crippen LogP contribution in [0, 0.1) is 5.92 Å². The zero-order valence-corrected chi connectivity index (χ0v) is 10.8. The molecule has 0 aromatic heterocycles. The van der Waals surface area contributed by atoms with Crippen molar-refractivity contribution in [3.8, 4) is 0 Å². The molecule has 0 spiro atoms. The first-order chi connectivity index (χ1) is 8.63. The number of rotatable bonds is 3. The number of Topliss-reactive ketones (excluding diaryl/α,β-unsaturated/α-hetero) is 1. The first-order valence-corrected chi connectivity index (χ1v) is 6.15. The molecule has 1 heterocycles. The third-order valence-corrected chi connectivity index (χ3v) is 2.97. The van der Waals surface area contributed by atoms with E-state index in [9.17, 15) is 9.59 Å². The molecule has 0 saturated carbocycles. The number of carbonyl (C=O) groups excluding carboxylic acids is 2. The number of benzene rings is 1. The molecule has 0 saturated heterocycles. The maximum atomic E-state index is 11.8. The quantitative estimate of drug-likeness (QED) is 0.516. The predicted octanol–water partition coefficient (Wildman–Crippen LogP) is 1.31. The fraction of sp³-hybridized carbons (Fsp3) is 0.167. The lowest BCUT2D eigenvalue weighted by molar-refractivity contribution is -0.129. The highest BCUT2D eigenvalue weighted by molar-refractivity contribution is 7.80. The summed E-state index contributed by atoms with van der Waals surface area (Å²) in [4.78, 5) is 27.7. The molecule has 1 aromatic carbocycles. The highest BCUT2D eigenvalue weighted by Gasteiger charge is 2.35. The van der Waals surface area contributed by atoms with Crippen molar-refractivity contribution in [1.29, 1.82) is 0 Å². The number of ketones is 1. The summed E-state index contributed by atoms with van der Waals surface area (Å²) >= 11 is 10.4. The standard InChI is InChI=1S/C12H9ClN2O2S/c13-6-8(16)9-10(7-4-2-1-3-5-7)14-12(18)15-11(9)17/h1-5,9H,6H2,(H,15,17,18). The molecule has 1 aliphatic heterocycles. The molecule has 18 heavy (non-hydrogen) atoms. The van der Waals surface area contributed by atoms with Crippen LogP contribution in [0.2, 0.25) is 0 Å². The Kier molecular flexibility index (Phi) is 3.84. The van der Waals surface area contributed by atoms with Gasteiger partial charge in [-0.25, -0.2) is 4.99 Å². The van der Waals surface area contributed by atoms with E-state index in [1.165, 1.54) is 0 Å². The minimum absolute atomic E-state index is 0.0671. The van der Waals surface area contributed by atoms with Crippen LogP contribution in [0.1, 0.15) is 5.56 Å². The summed E-state index contributed by atoms with van der Waals surface area (Å²) in [5, 5.41) is 2.44. The van der Waals surface area contributed by atoms with Gasteiger partial charge in [-0.05, 0) is 17.8 Å². The third kappa shape index (κ3) is 2.47. The summed E-state index contributed by atoms with van der Waals surface area (Å²) in [5.41, 5.74) is 1.05. The normalized spacial score (nSPS) is 19.2.